The highest BCUT2D eigenvalue weighted by atomic mass is 32.2. The number of nitrogens with two attached hydrogens (primary N) is 1. The Balaban J connectivity index is 2.09. The number of pyridine rings is 1. The molecule has 4 heteroatoms. The number of rotatable bonds is 2. The van der Waals surface area contributed by atoms with E-state index in [4.69, 9.17) is 5.73 Å². The number of thioether (sulfide) groups is 1. The van der Waals surface area contributed by atoms with Crippen LogP contribution in [0.3, 0.4) is 0 Å². The van der Waals surface area contributed by atoms with Crippen LogP contribution in [0.2, 0.25) is 0 Å². The first-order chi connectivity index (χ1) is 6.77. The van der Waals surface area contributed by atoms with Crippen molar-refractivity contribution in [2.75, 3.05) is 29.2 Å². The van der Waals surface area contributed by atoms with Gasteiger partial charge in [-0.3, -0.25) is 0 Å². The molecule has 1 aliphatic heterocycles. The minimum Gasteiger partial charge on any atom is -0.397 e. The lowest BCUT2D eigenvalue weighted by Gasteiger charge is -2.24. The maximum atomic E-state index is 5.60. The van der Waals surface area contributed by atoms with Gasteiger partial charge in [-0.25, -0.2) is 4.98 Å². The highest BCUT2D eigenvalue weighted by Gasteiger charge is 2.20. The van der Waals surface area contributed by atoms with Crippen LogP contribution in [-0.4, -0.2) is 29.6 Å². The fraction of sp³-hybridized carbons (Fsp3) is 0.500. The van der Waals surface area contributed by atoms with Crippen molar-refractivity contribution in [3.8, 4) is 0 Å². The van der Waals surface area contributed by atoms with Gasteiger partial charge in [-0.1, -0.05) is 0 Å². The SMILES string of the molecule is CN(c1ccc(N)cn1)[C@@H]1CCSC1. The van der Waals surface area contributed by atoms with E-state index in [0.717, 1.165) is 11.5 Å². The first-order valence-electron chi connectivity index (χ1n) is 4.79. The Hall–Kier alpha value is -0.900. The summed E-state index contributed by atoms with van der Waals surface area (Å²) in [7, 11) is 2.11. The molecule has 76 valence electrons. The maximum Gasteiger partial charge on any atom is 0.128 e. The second-order valence-electron chi connectivity index (χ2n) is 3.58. The van der Waals surface area contributed by atoms with Gasteiger partial charge in [-0.2, -0.15) is 11.8 Å². The Morgan fingerprint density at radius 3 is 3.00 bits per heavy atom. The molecule has 0 radical (unpaired) electrons. The molecule has 0 bridgehead atoms. The van der Waals surface area contributed by atoms with E-state index in [0.29, 0.717) is 6.04 Å². The van der Waals surface area contributed by atoms with Gasteiger partial charge in [0, 0.05) is 18.8 Å². The number of nitrogen functional groups attached to an aromatic ring is 1. The largest absolute Gasteiger partial charge is 0.397 e. The van der Waals surface area contributed by atoms with Crippen molar-refractivity contribution in [1.82, 2.24) is 4.98 Å². The number of hydrogen-bond acceptors (Lipinski definition) is 4. The summed E-state index contributed by atoms with van der Waals surface area (Å²) >= 11 is 2.01. The molecule has 1 aromatic heterocycles. The molecule has 1 atom stereocenters. The quantitative estimate of drug-likeness (QED) is 0.803. The van der Waals surface area contributed by atoms with Crippen molar-refractivity contribution >= 4 is 23.3 Å². The molecule has 14 heavy (non-hydrogen) atoms. The Morgan fingerprint density at radius 1 is 1.57 bits per heavy atom. The van der Waals surface area contributed by atoms with Crippen molar-refractivity contribution in [2.45, 2.75) is 12.5 Å². The van der Waals surface area contributed by atoms with E-state index in [9.17, 15) is 0 Å². The summed E-state index contributed by atoms with van der Waals surface area (Å²) in [6.45, 7) is 0. The lowest BCUT2D eigenvalue weighted by molar-refractivity contribution is 0.692. The summed E-state index contributed by atoms with van der Waals surface area (Å²) in [6, 6.07) is 4.52. The summed E-state index contributed by atoms with van der Waals surface area (Å²) < 4.78 is 0. The molecule has 2 heterocycles. The first kappa shape index (κ1) is 9.65. The highest BCUT2D eigenvalue weighted by Crippen LogP contribution is 2.24. The molecule has 1 saturated heterocycles. The Labute approximate surface area is 88.7 Å². The predicted octanol–water partition coefficient (Wildman–Crippen LogP) is 1.61. The van der Waals surface area contributed by atoms with Crippen molar-refractivity contribution in [2.24, 2.45) is 0 Å². The number of aromatic nitrogens is 1. The summed E-state index contributed by atoms with van der Waals surface area (Å²) in [5.41, 5.74) is 6.32. The molecule has 0 saturated carbocycles. The van der Waals surface area contributed by atoms with Crippen LogP contribution in [0.1, 0.15) is 6.42 Å². The maximum absolute atomic E-state index is 5.60. The first-order valence-corrected chi connectivity index (χ1v) is 5.95. The van der Waals surface area contributed by atoms with Gasteiger partial charge in [-0.05, 0) is 24.3 Å². The minimum absolute atomic E-state index is 0.635. The van der Waals surface area contributed by atoms with Gasteiger partial charge >= 0.3 is 0 Å². The van der Waals surface area contributed by atoms with Gasteiger partial charge < -0.3 is 10.6 Å². The van der Waals surface area contributed by atoms with E-state index in [2.05, 4.69) is 16.9 Å². The normalized spacial score (nSPS) is 21.1. The van der Waals surface area contributed by atoms with Gasteiger partial charge in [0.1, 0.15) is 5.82 Å². The number of nitrogens with zero attached hydrogens (tertiary/aromatic N) is 2. The van der Waals surface area contributed by atoms with Gasteiger partial charge in [0.15, 0.2) is 0 Å². The molecule has 1 aromatic rings. The molecule has 3 nitrogen and oxygen atoms in total. The third-order valence-corrected chi connectivity index (χ3v) is 3.73. The topological polar surface area (TPSA) is 42.1 Å². The Morgan fingerprint density at radius 2 is 2.43 bits per heavy atom. The van der Waals surface area contributed by atoms with Crippen LogP contribution in [0.15, 0.2) is 18.3 Å². The van der Waals surface area contributed by atoms with Crippen LogP contribution >= 0.6 is 11.8 Å². The monoisotopic (exact) mass is 209 g/mol. The zero-order valence-electron chi connectivity index (χ0n) is 8.31. The van der Waals surface area contributed by atoms with E-state index in [1.54, 1.807) is 6.20 Å². The third kappa shape index (κ3) is 1.95. The summed E-state index contributed by atoms with van der Waals surface area (Å²) in [5.74, 6) is 3.50. The fourth-order valence-corrected chi connectivity index (χ4v) is 2.89. The van der Waals surface area contributed by atoms with E-state index < -0.39 is 0 Å². The summed E-state index contributed by atoms with van der Waals surface area (Å²) in [5, 5.41) is 0. The Bertz CT molecular complexity index is 293. The van der Waals surface area contributed by atoms with Crippen molar-refractivity contribution in [3.63, 3.8) is 0 Å². The molecule has 0 unspecified atom stereocenters. The predicted molar refractivity (Wildman–Crippen MR) is 62.8 cm³/mol. The smallest absolute Gasteiger partial charge is 0.128 e. The summed E-state index contributed by atoms with van der Waals surface area (Å²) in [6.07, 6.45) is 2.97. The van der Waals surface area contributed by atoms with Gasteiger partial charge in [0.25, 0.3) is 0 Å². The third-order valence-electron chi connectivity index (χ3n) is 2.59. The molecule has 0 aromatic carbocycles. The molecule has 0 aliphatic carbocycles. The van der Waals surface area contributed by atoms with Gasteiger partial charge in [-0.15, -0.1) is 0 Å². The number of anilines is 2. The molecule has 1 aliphatic rings. The zero-order valence-corrected chi connectivity index (χ0v) is 9.13. The Kier molecular flexibility index (Phi) is 2.82. The van der Waals surface area contributed by atoms with Crippen LogP contribution < -0.4 is 10.6 Å². The van der Waals surface area contributed by atoms with Crippen molar-refractivity contribution in [1.29, 1.82) is 0 Å². The van der Waals surface area contributed by atoms with Crippen LogP contribution in [0.25, 0.3) is 0 Å². The number of hydrogen-bond donors (Lipinski definition) is 1. The molecule has 0 amide bonds. The molecular weight excluding hydrogens is 194 g/mol. The molecule has 2 N–H and O–H groups in total. The molecule has 0 spiro atoms. The van der Waals surface area contributed by atoms with Gasteiger partial charge in [0.2, 0.25) is 0 Å². The minimum atomic E-state index is 0.635. The van der Waals surface area contributed by atoms with Gasteiger partial charge in [0.05, 0.1) is 11.9 Å². The lowest BCUT2D eigenvalue weighted by atomic mass is 10.2. The van der Waals surface area contributed by atoms with Crippen LogP contribution in [-0.2, 0) is 0 Å². The standard InChI is InChI=1S/C10H15N3S/c1-13(9-4-5-14-7-9)10-3-2-8(11)6-12-10/h2-3,6,9H,4-5,7,11H2,1H3/t9-/m1/s1. The van der Waals surface area contributed by atoms with Crippen LogP contribution in [0, 0.1) is 0 Å². The molecule has 1 fully saturated rings. The second kappa shape index (κ2) is 4.09. The van der Waals surface area contributed by atoms with Crippen molar-refractivity contribution < 1.29 is 0 Å². The molecular formula is C10H15N3S. The average Bonchev–Trinajstić information content (AvgIpc) is 2.71. The van der Waals surface area contributed by atoms with E-state index in [1.807, 2.05) is 23.9 Å². The average molecular weight is 209 g/mol. The van der Waals surface area contributed by atoms with E-state index in [1.165, 1.54) is 17.9 Å². The zero-order chi connectivity index (χ0) is 9.97. The van der Waals surface area contributed by atoms with E-state index >= 15 is 0 Å². The van der Waals surface area contributed by atoms with E-state index in [-0.39, 0.29) is 0 Å². The summed E-state index contributed by atoms with van der Waals surface area (Å²) in [4.78, 5) is 6.56. The van der Waals surface area contributed by atoms with Crippen LogP contribution in [0.5, 0.6) is 0 Å². The highest BCUT2D eigenvalue weighted by molar-refractivity contribution is 7.99. The fourth-order valence-electron chi connectivity index (χ4n) is 1.62. The second-order valence-corrected chi connectivity index (χ2v) is 4.73. The van der Waals surface area contributed by atoms with Crippen LogP contribution in [0.4, 0.5) is 11.5 Å². The lowest BCUT2D eigenvalue weighted by Crippen LogP contribution is -2.31. The van der Waals surface area contributed by atoms with Crippen molar-refractivity contribution in [3.05, 3.63) is 18.3 Å². The molecule has 2 rings (SSSR count).